The summed E-state index contributed by atoms with van der Waals surface area (Å²) in [6, 6.07) is 4.91. The first-order chi connectivity index (χ1) is 9.61. The van der Waals surface area contributed by atoms with Gasteiger partial charge in [-0.1, -0.05) is 19.8 Å². The first kappa shape index (κ1) is 15.3. The lowest BCUT2D eigenvalue weighted by Gasteiger charge is -2.27. The highest BCUT2D eigenvalue weighted by molar-refractivity contribution is 5.55. The third-order valence-electron chi connectivity index (χ3n) is 4.37. The monoisotopic (exact) mass is 278 g/mol. The van der Waals surface area contributed by atoms with E-state index >= 15 is 0 Å². The molecule has 0 spiro atoms. The van der Waals surface area contributed by atoms with E-state index in [9.17, 15) is 4.39 Å². The van der Waals surface area contributed by atoms with Crippen molar-refractivity contribution in [1.82, 2.24) is 0 Å². The van der Waals surface area contributed by atoms with E-state index in [1.807, 2.05) is 13.0 Å². The predicted octanol–water partition coefficient (Wildman–Crippen LogP) is 4.25. The first-order valence-electron chi connectivity index (χ1n) is 7.91. The molecule has 0 saturated carbocycles. The summed E-state index contributed by atoms with van der Waals surface area (Å²) < 4.78 is 13.4. The van der Waals surface area contributed by atoms with Crippen LogP contribution < -0.4 is 10.6 Å². The molecule has 20 heavy (non-hydrogen) atoms. The highest BCUT2D eigenvalue weighted by Crippen LogP contribution is 2.30. The quantitative estimate of drug-likeness (QED) is 0.892. The molecule has 1 saturated heterocycles. The smallest absolute Gasteiger partial charge is 0.123 e. The lowest BCUT2D eigenvalue weighted by molar-refractivity contribution is 0.435. The molecule has 1 fully saturated rings. The van der Waals surface area contributed by atoms with E-state index in [1.54, 1.807) is 12.1 Å². The summed E-state index contributed by atoms with van der Waals surface area (Å²) >= 11 is 0. The van der Waals surface area contributed by atoms with Gasteiger partial charge in [0, 0.05) is 24.8 Å². The fourth-order valence-electron chi connectivity index (χ4n) is 3.28. The van der Waals surface area contributed by atoms with Gasteiger partial charge in [-0.3, -0.25) is 0 Å². The first-order valence-corrected chi connectivity index (χ1v) is 7.91. The van der Waals surface area contributed by atoms with E-state index in [0.717, 1.165) is 30.3 Å². The van der Waals surface area contributed by atoms with Crippen LogP contribution in [0.25, 0.3) is 0 Å². The molecule has 0 aromatic heterocycles. The van der Waals surface area contributed by atoms with Gasteiger partial charge < -0.3 is 10.6 Å². The number of nitrogens with two attached hydrogens (primary N) is 1. The molecular formula is C17H27FN2. The molecule has 1 aliphatic rings. The van der Waals surface area contributed by atoms with Crippen LogP contribution in [0.1, 0.15) is 57.6 Å². The number of rotatable bonds is 4. The number of anilines is 1. The van der Waals surface area contributed by atoms with Crippen molar-refractivity contribution in [1.29, 1.82) is 0 Å². The Hall–Kier alpha value is -1.09. The van der Waals surface area contributed by atoms with Crippen molar-refractivity contribution in [2.75, 3.05) is 18.0 Å². The molecule has 1 heterocycles. The largest absolute Gasteiger partial charge is 0.371 e. The molecule has 112 valence electrons. The molecule has 1 unspecified atom stereocenters. The predicted molar refractivity (Wildman–Crippen MR) is 83.5 cm³/mol. The zero-order chi connectivity index (χ0) is 14.5. The maximum Gasteiger partial charge on any atom is 0.123 e. The van der Waals surface area contributed by atoms with Crippen molar-refractivity contribution in [2.24, 2.45) is 11.7 Å². The van der Waals surface area contributed by atoms with E-state index in [2.05, 4.69) is 11.8 Å². The van der Waals surface area contributed by atoms with Crippen molar-refractivity contribution >= 4 is 5.69 Å². The zero-order valence-electron chi connectivity index (χ0n) is 12.7. The van der Waals surface area contributed by atoms with Gasteiger partial charge in [0.25, 0.3) is 0 Å². The van der Waals surface area contributed by atoms with Gasteiger partial charge >= 0.3 is 0 Å². The molecule has 2 rings (SSSR count). The van der Waals surface area contributed by atoms with Crippen LogP contribution >= 0.6 is 0 Å². The maximum absolute atomic E-state index is 13.4. The fraction of sp³-hybridized carbons (Fsp3) is 0.647. The maximum atomic E-state index is 13.4. The lowest BCUT2D eigenvalue weighted by atomic mass is 9.96. The van der Waals surface area contributed by atoms with Gasteiger partial charge in [0.15, 0.2) is 0 Å². The molecule has 2 N–H and O–H groups in total. The molecule has 0 radical (unpaired) electrons. The zero-order valence-corrected chi connectivity index (χ0v) is 12.7. The van der Waals surface area contributed by atoms with E-state index in [0.29, 0.717) is 0 Å². The highest BCUT2D eigenvalue weighted by atomic mass is 19.1. The Morgan fingerprint density at radius 3 is 2.85 bits per heavy atom. The van der Waals surface area contributed by atoms with Crippen LogP contribution in [-0.2, 0) is 0 Å². The molecule has 1 aliphatic heterocycles. The number of hydrogen-bond donors (Lipinski definition) is 1. The second kappa shape index (κ2) is 7.07. The summed E-state index contributed by atoms with van der Waals surface area (Å²) in [6.45, 7) is 6.31. The van der Waals surface area contributed by atoms with Crippen molar-refractivity contribution in [3.8, 4) is 0 Å². The Labute approximate surface area is 122 Å². The molecule has 0 amide bonds. The van der Waals surface area contributed by atoms with Gasteiger partial charge in [-0.05, 0) is 55.9 Å². The van der Waals surface area contributed by atoms with Crippen molar-refractivity contribution < 1.29 is 4.39 Å². The van der Waals surface area contributed by atoms with Crippen LogP contribution in [0.4, 0.5) is 10.1 Å². The Morgan fingerprint density at radius 1 is 1.35 bits per heavy atom. The molecule has 3 heteroatoms. The number of benzene rings is 1. The van der Waals surface area contributed by atoms with Crippen molar-refractivity contribution in [3.63, 3.8) is 0 Å². The SMILES string of the molecule is CCCC1CCCN(c2ccc(F)cc2[C@@H](C)N)CC1. The molecule has 2 nitrogen and oxygen atoms in total. The average molecular weight is 278 g/mol. The summed E-state index contributed by atoms with van der Waals surface area (Å²) in [4.78, 5) is 2.40. The van der Waals surface area contributed by atoms with Gasteiger partial charge in [0.1, 0.15) is 5.82 Å². The number of nitrogens with zero attached hydrogens (tertiary/aromatic N) is 1. The summed E-state index contributed by atoms with van der Waals surface area (Å²) in [5, 5.41) is 0. The topological polar surface area (TPSA) is 29.3 Å². The third kappa shape index (κ3) is 3.72. The number of hydrogen-bond acceptors (Lipinski definition) is 2. The second-order valence-electron chi connectivity index (χ2n) is 6.06. The molecule has 1 aromatic carbocycles. The van der Waals surface area contributed by atoms with Crippen molar-refractivity contribution in [2.45, 2.75) is 52.0 Å². The summed E-state index contributed by atoms with van der Waals surface area (Å²) in [5.74, 6) is 0.656. The molecule has 0 aliphatic carbocycles. The van der Waals surface area contributed by atoms with Crippen molar-refractivity contribution in [3.05, 3.63) is 29.6 Å². The lowest BCUT2D eigenvalue weighted by Crippen LogP contribution is -2.26. The van der Waals surface area contributed by atoms with Gasteiger partial charge in [0.05, 0.1) is 0 Å². The molecule has 0 bridgehead atoms. The average Bonchev–Trinajstić information content (AvgIpc) is 2.65. The minimum atomic E-state index is -0.195. The third-order valence-corrected chi connectivity index (χ3v) is 4.37. The summed E-state index contributed by atoms with van der Waals surface area (Å²) in [6.07, 6.45) is 6.38. The van der Waals surface area contributed by atoms with Crippen LogP contribution in [0.2, 0.25) is 0 Å². The van der Waals surface area contributed by atoms with E-state index in [1.165, 1.54) is 32.1 Å². The Bertz CT molecular complexity index is 431. The molecular weight excluding hydrogens is 251 g/mol. The normalized spacial score (nSPS) is 21.6. The summed E-state index contributed by atoms with van der Waals surface area (Å²) in [5.41, 5.74) is 8.06. The van der Waals surface area contributed by atoms with Gasteiger partial charge in [-0.15, -0.1) is 0 Å². The Balaban J connectivity index is 2.15. The molecule has 1 aromatic rings. The van der Waals surface area contributed by atoms with E-state index in [-0.39, 0.29) is 11.9 Å². The van der Waals surface area contributed by atoms with Crippen LogP contribution in [0.3, 0.4) is 0 Å². The molecule has 2 atom stereocenters. The second-order valence-corrected chi connectivity index (χ2v) is 6.06. The van der Waals surface area contributed by atoms with Crippen LogP contribution in [0.15, 0.2) is 18.2 Å². The van der Waals surface area contributed by atoms with Gasteiger partial charge in [-0.2, -0.15) is 0 Å². The highest BCUT2D eigenvalue weighted by Gasteiger charge is 2.19. The fourth-order valence-corrected chi connectivity index (χ4v) is 3.28. The summed E-state index contributed by atoms with van der Waals surface area (Å²) in [7, 11) is 0. The van der Waals surface area contributed by atoms with Crippen LogP contribution in [0.5, 0.6) is 0 Å². The van der Waals surface area contributed by atoms with E-state index in [4.69, 9.17) is 5.73 Å². The van der Waals surface area contributed by atoms with Crippen LogP contribution in [-0.4, -0.2) is 13.1 Å². The minimum absolute atomic E-state index is 0.129. The van der Waals surface area contributed by atoms with Gasteiger partial charge in [0.2, 0.25) is 0 Å². The van der Waals surface area contributed by atoms with Gasteiger partial charge in [-0.25, -0.2) is 4.39 Å². The van der Waals surface area contributed by atoms with E-state index < -0.39 is 0 Å². The Morgan fingerprint density at radius 2 is 2.15 bits per heavy atom. The minimum Gasteiger partial charge on any atom is -0.371 e. The van der Waals surface area contributed by atoms with Crippen LogP contribution in [0, 0.1) is 11.7 Å². The standard InChI is InChI=1S/C17H27FN2/c1-3-5-14-6-4-10-20(11-9-14)17-8-7-15(18)12-16(17)13(2)19/h7-8,12-14H,3-6,9-11,19H2,1-2H3/t13-,14?/m1/s1. The Kier molecular flexibility index (Phi) is 5.41. The number of halogens is 1.